The predicted octanol–water partition coefficient (Wildman–Crippen LogP) is 4.75. The summed E-state index contributed by atoms with van der Waals surface area (Å²) in [6.07, 6.45) is -0.987. The molecule has 12 heteroatoms. The van der Waals surface area contributed by atoms with E-state index >= 15 is 0 Å². The summed E-state index contributed by atoms with van der Waals surface area (Å²) >= 11 is 6.70. The Labute approximate surface area is 210 Å². The lowest BCUT2D eigenvalue weighted by Crippen LogP contribution is -2.47. The first kappa shape index (κ1) is 23.5. The lowest BCUT2D eigenvalue weighted by atomic mass is 9.74. The van der Waals surface area contributed by atoms with Gasteiger partial charge in [-0.2, -0.15) is 23.4 Å². The first-order valence-electron chi connectivity index (χ1n) is 12.0. The van der Waals surface area contributed by atoms with Crippen molar-refractivity contribution in [2.24, 2.45) is 24.1 Å². The van der Waals surface area contributed by atoms with Gasteiger partial charge in [0.25, 0.3) is 0 Å². The number of nitrogens with two attached hydrogens (primary N) is 1. The van der Waals surface area contributed by atoms with Crippen molar-refractivity contribution in [2.45, 2.75) is 44.8 Å². The monoisotopic (exact) mass is 518 g/mol. The van der Waals surface area contributed by atoms with E-state index in [4.69, 9.17) is 27.3 Å². The van der Waals surface area contributed by atoms with E-state index in [2.05, 4.69) is 20.2 Å². The Balaban J connectivity index is 1.28. The lowest BCUT2D eigenvalue weighted by Gasteiger charge is -2.42. The van der Waals surface area contributed by atoms with Crippen LogP contribution >= 0.6 is 11.6 Å². The Hall–Kier alpha value is -2.92. The van der Waals surface area contributed by atoms with E-state index in [0.29, 0.717) is 53.6 Å². The zero-order valence-corrected chi connectivity index (χ0v) is 20.7. The van der Waals surface area contributed by atoms with Crippen LogP contribution in [0.2, 0.25) is 5.02 Å². The molecule has 4 heterocycles. The van der Waals surface area contributed by atoms with Gasteiger partial charge >= 0.3 is 6.18 Å². The van der Waals surface area contributed by atoms with E-state index in [9.17, 15) is 13.2 Å². The van der Waals surface area contributed by atoms with Crippen molar-refractivity contribution in [1.82, 2.24) is 29.9 Å². The van der Waals surface area contributed by atoms with Crippen molar-refractivity contribution in [3.8, 4) is 11.3 Å². The number of rotatable bonds is 2. The third-order valence-corrected chi connectivity index (χ3v) is 8.44. The zero-order chi connectivity index (χ0) is 25.4. The number of aromatic nitrogens is 6. The molecule has 0 radical (unpaired) electrons. The van der Waals surface area contributed by atoms with Crippen molar-refractivity contribution in [2.75, 3.05) is 18.0 Å². The maximum Gasteiger partial charge on any atom is 0.391 e. The van der Waals surface area contributed by atoms with Crippen LogP contribution < -0.4 is 10.6 Å². The van der Waals surface area contributed by atoms with E-state index in [1.807, 2.05) is 32.3 Å². The first-order valence-corrected chi connectivity index (χ1v) is 12.4. The van der Waals surface area contributed by atoms with Gasteiger partial charge in [0.15, 0.2) is 11.5 Å². The quantitative estimate of drug-likeness (QED) is 0.397. The molecule has 1 saturated heterocycles. The number of nitrogens with one attached hydrogen (secondary N) is 1. The van der Waals surface area contributed by atoms with Crippen LogP contribution in [0.5, 0.6) is 0 Å². The Morgan fingerprint density at radius 3 is 2.64 bits per heavy atom. The van der Waals surface area contributed by atoms with E-state index in [1.54, 1.807) is 4.68 Å². The molecule has 6 rings (SSSR count). The zero-order valence-electron chi connectivity index (χ0n) is 19.9. The minimum atomic E-state index is -4.19. The summed E-state index contributed by atoms with van der Waals surface area (Å²) in [5.74, 6) is -0.599. The normalized spacial score (nSPS) is 22.4. The molecule has 190 valence electrons. The molecule has 2 aliphatic rings. The number of benzene rings is 1. The molecule has 1 aliphatic carbocycles. The van der Waals surface area contributed by atoms with E-state index in [0.717, 1.165) is 22.2 Å². The Kier molecular flexibility index (Phi) is 5.24. The molecule has 0 unspecified atom stereocenters. The molecule has 3 N–H and O–H groups in total. The molecule has 2 atom stereocenters. The summed E-state index contributed by atoms with van der Waals surface area (Å²) in [5, 5.41) is 13.2. The molecule has 0 bridgehead atoms. The summed E-state index contributed by atoms with van der Waals surface area (Å²) in [6, 6.07) is 3.34. The molecule has 1 spiro atoms. The van der Waals surface area contributed by atoms with Gasteiger partial charge in [-0.15, -0.1) is 0 Å². The van der Waals surface area contributed by atoms with E-state index in [1.165, 1.54) is 0 Å². The van der Waals surface area contributed by atoms with Crippen molar-refractivity contribution in [1.29, 1.82) is 0 Å². The fourth-order valence-corrected chi connectivity index (χ4v) is 6.33. The molecule has 1 saturated carbocycles. The van der Waals surface area contributed by atoms with Crippen LogP contribution in [-0.2, 0) is 7.05 Å². The second-order valence-electron chi connectivity index (χ2n) is 10.2. The van der Waals surface area contributed by atoms with Gasteiger partial charge in [0, 0.05) is 43.3 Å². The molecular weight excluding hydrogens is 493 g/mol. The van der Waals surface area contributed by atoms with Gasteiger partial charge in [-0.05, 0) is 50.2 Å². The fourth-order valence-electron chi connectivity index (χ4n) is 6.03. The third-order valence-electron chi connectivity index (χ3n) is 8.04. The molecule has 0 amide bonds. The van der Waals surface area contributed by atoms with Gasteiger partial charge in [0.1, 0.15) is 11.2 Å². The third kappa shape index (κ3) is 3.62. The van der Waals surface area contributed by atoms with Gasteiger partial charge < -0.3 is 10.6 Å². The average molecular weight is 519 g/mol. The van der Waals surface area contributed by atoms with Gasteiger partial charge in [0.05, 0.1) is 22.2 Å². The number of nitrogens with zero attached hydrogens (tertiary/aromatic N) is 6. The highest BCUT2D eigenvalue weighted by molar-refractivity contribution is 6.38. The van der Waals surface area contributed by atoms with Crippen LogP contribution in [0.15, 0.2) is 18.3 Å². The number of anilines is 1. The van der Waals surface area contributed by atoms with Crippen LogP contribution in [0.3, 0.4) is 0 Å². The number of piperidine rings is 1. The number of fused-ring (bicyclic) bond motifs is 2. The minimum absolute atomic E-state index is 0.0125. The van der Waals surface area contributed by atoms with E-state index in [-0.39, 0.29) is 12.8 Å². The van der Waals surface area contributed by atoms with Crippen LogP contribution in [-0.4, -0.2) is 55.3 Å². The summed E-state index contributed by atoms with van der Waals surface area (Å²) in [4.78, 5) is 11.7. The van der Waals surface area contributed by atoms with Crippen molar-refractivity contribution in [3.63, 3.8) is 0 Å². The standard InChI is InChI=1S/C24H26ClF3N8/c1-12-22(36-7-5-23(6-8-36)10-13(9-17(23)29)24(26,27)28)31-21-20(30-12)19(32-33-21)14-3-4-16-15(18(14)25)11-35(2)34-16/h3-4,11,13,17H,5-10,29H2,1-2H3,(H,31,32,33)/t13-,17+/m0/s1. The molecule has 1 aromatic carbocycles. The molecule has 4 aromatic rings. The Morgan fingerprint density at radius 1 is 1.19 bits per heavy atom. The minimum Gasteiger partial charge on any atom is -0.355 e. The number of hydrogen-bond donors (Lipinski definition) is 2. The van der Waals surface area contributed by atoms with Crippen LogP contribution in [0.1, 0.15) is 31.4 Å². The highest BCUT2D eigenvalue weighted by atomic mass is 35.5. The molecule has 8 nitrogen and oxygen atoms in total. The summed E-state index contributed by atoms with van der Waals surface area (Å²) in [6.45, 7) is 3.06. The SMILES string of the molecule is Cc1nc2c(-c3ccc4nn(C)cc4c3Cl)n[nH]c2nc1N1CCC2(CC1)C[C@@H](C(F)(F)F)C[C@H]2N. The number of aryl methyl sites for hydroxylation is 2. The average Bonchev–Trinajstić information content (AvgIpc) is 3.50. The topological polar surface area (TPSA) is 102 Å². The van der Waals surface area contributed by atoms with Crippen molar-refractivity contribution in [3.05, 3.63) is 29.0 Å². The number of halogens is 4. The second kappa shape index (κ2) is 8.04. The van der Waals surface area contributed by atoms with Crippen molar-refractivity contribution < 1.29 is 13.2 Å². The number of hydrogen-bond acceptors (Lipinski definition) is 6. The Morgan fingerprint density at radius 2 is 1.94 bits per heavy atom. The predicted molar refractivity (Wildman–Crippen MR) is 132 cm³/mol. The smallest absolute Gasteiger partial charge is 0.355 e. The van der Waals surface area contributed by atoms with Gasteiger partial charge in [-0.3, -0.25) is 9.78 Å². The van der Waals surface area contributed by atoms with Crippen LogP contribution in [0, 0.1) is 18.3 Å². The van der Waals surface area contributed by atoms with E-state index < -0.39 is 23.6 Å². The molecule has 36 heavy (non-hydrogen) atoms. The summed E-state index contributed by atoms with van der Waals surface area (Å²) in [7, 11) is 1.84. The van der Waals surface area contributed by atoms with Gasteiger partial charge in [-0.25, -0.2) is 9.97 Å². The molecule has 2 fully saturated rings. The van der Waals surface area contributed by atoms with Crippen LogP contribution in [0.25, 0.3) is 33.3 Å². The number of H-pyrrole nitrogens is 1. The van der Waals surface area contributed by atoms with Gasteiger partial charge in [0.2, 0.25) is 0 Å². The summed E-state index contributed by atoms with van der Waals surface area (Å²) in [5.41, 5.74) is 9.79. The molecule has 3 aromatic heterocycles. The maximum atomic E-state index is 13.3. The number of aromatic amines is 1. The highest BCUT2D eigenvalue weighted by Crippen LogP contribution is 2.53. The molecular formula is C24H26ClF3N8. The van der Waals surface area contributed by atoms with Crippen molar-refractivity contribution >= 4 is 39.5 Å². The first-order chi connectivity index (χ1) is 17.1. The van der Waals surface area contributed by atoms with Crippen LogP contribution in [0.4, 0.5) is 19.0 Å². The highest BCUT2D eigenvalue weighted by Gasteiger charge is 2.55. The maximum absolute atomic E-state index is 13.3. The fraction of sp³-hybridized carbons (Fsp3) is 0.500. The second-order valence-corrected chi connectivity index (χ2v) is 10.6. The summed E-state index contributed by atoms with van der Waals surface area (Å²) < 4.78 is 41.7. The Bertz CT molecular complexity index is 1470. The number of alkyl halides is 3. The molecule has 1 aliphatic heterocycles. The lowest BCUT2D eigenvalue weighted by molar-refractivity contribution is -0.174. The van der Waals surface area contributed by atoms with Gasteiger partial charge in [-0.1, -0.05) is 11.6 Å². The largest absolute Gasteiger partial charge is 0.391 e.